The Morgan fingerprint density at radius 1 is 1.41 bits per heavy atom. The molecule has 1 N–H and O–H groups in total. The molecule has 0 radical (unpaired) electrons. The first-order valence-electron chi connectivity index (χ1n) is 5.26. The molecular weight excluding hydrogens is 303 g/mol. The highest BCUT2D eigenvalue weighted by Crippen LogP contribution is 2.14. The lowest BCUT2D eigenvalue weighted by Crippen LogP contribution is -2.41. The molecule has 0 heterocycles. The quantitative estimate of drug-likeness (QED) is 0.732. The summed E-state index contributed by atoms with van der Waals surface area (Å²) in [4.78, 5) is 11.3. The largest absolute Gasteiger partial charge is 0.411 e. The highest BCUT2D eigenvalue weighted by molar-refractivity contribution is 9.09. The molecular formula is C10H17BrF3NO2. The van der Waals surface area contributed by atoms with E-state index in [2.05, 4.69) is 26.0 Å². The van der Waals surface area contributed by atoms with Gasteiger partial charge in [-0.2, -0.15) is 13.2 Å². The molecule has 1 amide bonds. The Labute approximate surface area is 107 Å². The van der Waals surface area contributed by atoms with Crippen molar-refractivity contribution in [3.05, 3.63) is 0 Å². The molecule has 0 saturated carbocycles. The average molecular weight is 320 g/mol. The molecule has 1 atom stereocenters. The molecule has 0 fully saturated rings. The predicted octanol–water partition coefficient (Wildman–Crippen LogP) is 2.49. The predicted molar refractivity (Wildman–Crippen MR) is 62.1 cm³/mol. The van der Waals surface area contributed by atoms with Gasteiger partial charge in [0.1, 0.15) is 13.2 Å². The number of amides is 1. The number of hydrogen-bond acceptors (Lipinski definition) is 2. The van der Waals surface area contributed by atoms with E-state index in [0.29, 0.717) is 0 Å². The van der Waals surface area contributed by atoms with Crippen LogP contribution in [0.25, 0.3) is 0 Å². The van der Waals surface area contributed by atoms with E-state index >= 15 is 0 Å². The van der Waals surface area contributed by atoms with Crippen molar-refractivity contribution >= 4 is 21.8 Å². The van der Waals surface area contributed by atoms with Crippen LogP contribution in [0.5, 0.6) is 0 Å². The van der Waals surface area contributed by atoms with Gasteiger partial charge in [-0.25, -0.2) is 0 Å². The second-order valence-electron chi connectivity index (χ2n) is 4.00. The summed E-state index contributed by atoms with van der Waals surface area (Å²) >= 11 is 3.26. The lowest BCUT2D eigenvalue weighted by Gasteiger charge is -2.21. The second kappa shape index (κ2) is 7.92. The number of ether oxygens (including phenoxy) is 1. The Kier molecular flexibility index (Phi) is 7.78. The summed E-state index contributed by atoms with van der Waals surface area (Å²) in [6.07, 6.45) is -3.67. The summed E-state index contributed by atoms with van der Waals surface area (Å²) in [6, 6.07) is -0.0589. The molecule has 3 nitrogen and oxygen atoms in total. The van der Waals surface area contributed by atoms with Gasteiger partial charge in [0.05, 0.1) is 0 Å². The van der Waals surface area contributed by atoms with Crippen LogP contribution < -0.4 is 5.32 Å². The zero-order valence-electron chi connectivity index (χ0n) is 9.81. The van der Waals surface area contributed by atoms with Crippen LogP contribution in [0.3, 0.4) is 0 Å². The van der Waals surface area contributed by atoms with E-state index in [1.807, 2.05) is 13.8 Å². The molecule has 0 aromatic rings. The molecule has 0 aliphatic rings. The molecule has 0 aromatic heterocycles. The van der Waals surface area contributed by atoms with Gasteiger partial charge in [-0.3, -0.25) is 4.79 Å². The lowest BCUT2D eigenvalue weighted by atomic mass is 10.0. The average Bonchev–Trinajstić information content (AvgIpc) is 2.14. The minimum absolute atomic E-state index is 0.0589. The van der Waals surface area contributed by atoms with Crippen molar-refractivity contribution in [1.82, 2.24) is 5.32 Å². The Bertz CT molecular complexity index is 234. The Morgan fingerprint density at radius 2 is 2.00 bits per heavy atom. The maximum atomic E-state index is 11.8. The number of nitrogens with one attached hydrogen (secondary N) is 1. The van der Waals surface area contributed by atoms with Gasteiger partial charge in [0.15, 0.2) is 0 Å². The van der Waals surface area contributed by atoms with Gasteiger partial charge in [-0.15, -0.1) is 0 Å². The zero-order chi connectivity index (χ0) is 13.5. The van der Waals surface area contributed by atoms with Gasteiger partial charge in [0.2, 0.25) is 5.91 Å². The summed E-state index contributed by atoms with van der Waals surface area (Å²) in [5.41, 5.74) is 0. The van der Waals surface area contributed by atoms with Crippen LogP contribution in [0, 0.1) is 5.92 Å². The monoisotopic (exact) mass is 319 g/mol. The van der Waals surface area contributed by atoms with E-state index in [4.69, 9.17) is 0 Å². The normalized spacial score (nSPS) is 13.8. The van der Waals surface area contributed by atoms with Gasteiger partial charge in [0, 0.05) is 11.4 Å². The third kappa shape index (κ3) is 9.41. The third-order valence-corrected chi connectivity index (χ3v) is 2.53. The first-order chi connectivity index (χ1) is 7.76. The molecule has 0 saturated heterocycles. The third-order valence-electron chi connectivity index (χ3n) is 2.07. The number of halogens is 4. The fourth-order valence-electron chi connectivity index (χ4n) is 1.20. The summed E-state index contributed by atoms with van der Waals surface area (Å²) in [5, 5.41) is 3.36. The molecule has 0 aliphatic heterocycles. The van der Waals surface area contributed by atoms with E-state index in [9.17, 15) is 18.0 Å². The summed E-state index contributed by atoms with van der Waals surface area (Å²) < 4.78 is 39.5. The molecule has 7 heteroatoms. The summed E-state index contributed by atoms with van der Waals surface area (Å²) in [6.45, 7) is 1.91. The van der Waals surface area contributed by atoms with Crippen LogP contribution in [0.2, 0.25) is 0 Å². The van der Waals surface area contributed by atoms with E-state index in [1.54, 1.807) is 0 Å². The molecule has 0 rings (SSSR count). The Balaban J connectivity index is 3.90. The van der Waals surface area contributed by atoms with Crippen molar-refractivity contribution in [1.29, 1.82) is 0 Å². The van der Waals surface area contributed by atoms with Gasteiger partial charge < -0.3 is 10.1 Å². The fourth-order valence-corrected chi connectivity index (χ4v) is 1.69. The van der Waals surface area contributed by atoms with E-state index in [-0.39, 0.29) is 12.0 Å². The van der Waals surface area contributed by atoms with E-state index in [0.717, 1.165) is 11.8 Å². The number of hydrogen-bond donors (Lipinski definition) is 1. The lowest BCUT2D eigenvalue weighted by molar-refractivity contribution is -0.175. The Morgan fingerprint density at radius 3 is 2.41 bits per heavy atom. The van der Waals surface area contributed by atoms with Crippen molar-refractivity contribution in [2.24, 2.45) is 5.92 Å². The van der Waals surface area contributed by atoms with E-state index in [1.165, 1.54) is 0 Å². The molecule has 1 unspecified atom stereocenters. The van der Waals surface area contributed by atoms with E-state index < -0.39 is 25.3 Å². The van der Waals surface area contributed by atoms with Crippen molar-refractivity contribution in [3.8, 4) is 0 Å². The summed E-state index contributed by atoms with van der Waals surface area (Å²) in [7, 11) is 0. The fraction of sp³-hybridized carbons (Fsp3) is 0.900. The first kappa shape index (κ1) is 16.7. The van der Waals surface area contributed by atoms with Crippen molar-refractivity contribution < 1.29 is 22.7 Å². The minimum atomic E-state index is -4.40. The number of alkyl halides is 4. The van der Waals surface area contributed by atoms with Crippen LogP contribution in [-0.2, 0) is 9.53 Å². The molecule has 0 spiro atoms. The Hall–Kier alpha value is -0.300. The van der Waals surface area contributed by atoms with Crippen molar-refractivity contribution in [3.63, 3.8) is 0 Å². The molecule has 0 aromatic carbocycles. The van der Waals surface area contributed by atoms with Gasteiger partial charge in [-0.1, -0.05) is 29.8 Å². The van der Waals surface area contributed by atoms with Gasteiger partial charge in [0.25, 0.3) is 0 Å². The topological polar surface area (TPSA) is 38.3 Å². The standard InChI is InChI=1S/C10H17BrF3NO2/c1-7(2)8(3-4-11)15-9(16)5-17-6-10(12,13)14/h7-8H,3-6H2,1-2H3,(H,15,16). The second-order valence-corrected chi connectivity index (χ2v) is 4.80. The molecule has 102 valence electrons. The summed E-state index contributed by atoms with van der Waals surface area (Å²) in [5.74, 6) is -0.298. The zero-order valence-corrected chi connectivity index (χ0v) is 11.4. The maximum Gasteiger partial charge on any atom is 0.411 e. The number of carbonyl (C=O) groups excluding carboxylic acids is 1. The number of rotatable bonds is 7. The smallest absolute Gasteiger partial charge is 0.362 e. The van der Waals surface area contributed by atoms with Crippen LogP contribution in [0.1, 0.15) is 20.3 Å². The van der Waals surface area contributed by atoms with Crippen LogP contribution in [-0.4, -0.2) is 36.7 Å². The van der Waals surface area contributed by atoms with Crippen LogP contribution >= 0.6 is 15.9 Å². The van der Waals surface area contributed by atoms with Gasteiger partial charge in [-0.05, 0) is 12.3 Å². The van der Waals surface area contributed by atoms with Crippen LogP contribution in [0.4, 0.5) is 13.2 Å². The number of carbonyl (C=O) groups is 1. The first-order valence-corrected chi connectivity index (χ1v) is 6.38. The van der Waals surface area contributed by atoms with Crippen molar-refractivity contribution in [2.75, 3.05) is 18.5 Å². The molecule has 0 aliphatic carbocycles. The van der Waals surface area contributed by atoms with Crippen LogP contribution in [0.15, 0.2) is 0 Å². The highest BCUT2D eigenvalue weighted by Gasteiger charge is 2.28. The SMILES string of the molecule is CC(C)C(CCBr)NC(=O)COCC(F)(F)F. The van der Waals surface area contributed by atoms with Gasteiger partial charge >= 0.3 is 6.18 Å². The maximum absolute atomic E-state index is 11.8. The van der Waals surface area contributed by atoms with Crippen molar-refractivity contribution in [2.45, 2.75) is 32.5 Å². The minimum Gasteiger partial charge on any atom is -0.362 e. The molecule has 17 heavy (non-hydrogen) atoms. The highest BCUT2D eigenvalue weighted by atomic mass is 79.9. The molecule has 0 bridgehead atoms.